The van der Waals surface area contributed by atoms with E-state index in [0.717, 1.165) is 19.4 Å². The predicted molar refractivity (Wildman–Crippen MR) is 85.7 cm³/mol. The molecule has 0 radical (unpaired) electrons. The SMILES string of the molecule is CCCNC(Cc1ccc(Br)s1)c1cnccc1C. The zero-order valence-electron chi connectivity index (χ0n) is 11.3. The molecule has 1 unspecified atom stereocenters. The molecule has 0 saturated carbocycles. The number of aryl methyl sites for hydroxylation is 1. The Morgan fingerprint density at radius 1 is 1.37 bits per heavy atom. The maximum absolute atomic E-state index is 4.28. The van der Waals surface area contributed by atoms with Crippen molar-refractivity contribution >= 4 is 27.3 Å². The number of nitrogens with zero attached hydrogens (tertiary/aromatic N) is 1. The molecule has 2 rings (SSSR count). The van der Waals surface area contributed by atoms with Crippen molar-refractivity contribution in [3.8, 4) is 0 Å². The number of thiophene rings is 1. The summed E-state index contributed by atoms with van der Waals surface area (Å²) in [7, 11) is 0. The van der Waals surface area contributed by atoms with E-state index in [2.05, 4.69) is 58.3 Å². The molecule has 0 aliphatic rings. The van der Waals surface area contributed by atoms with E-state index < -0.39 is 0 Å². The number of rotatable bonds is 6. The third-order valence-electron chi connectivity index (χ3n) is 3.13. The number of pyridine rings is 1. The van der Waals surface area contributed by atoms with Gasteiger partial charge in [0.1, 0.15) is 0 Å². The van der Waals surface area contributed by atoms with E-state index in [4.69, 9.17) is 0 Å². The van der Waals surface area contributed by atoms with Crippen LogP contribution in [0.1, 0.15) is 35.4 Å². The predicted octanol–water partition coefficient (Wildman–Crippen LogP) is 4.50. The monoisotopic (exact) mass is 338 g/mol. The minimum atomic E-state index is 0.346. The Bertz CT molecular complexity index is 524. The lowest BCUT2D eigenvalue weighted by Gasteiger charge is -2.19. The first-order valence-corrected chi connectivity index (χ1v) is 8.19. The first-order chi connectivity index (χ1) is 9.20. The average Bonchev–Trinajstić information content (AvgIpc) is 2.81. The minimum Gasteiger partial charge on any atom is -0.310 e. The van der Waals surface area contributed by atoms with E-state index in [1.807, 2.05) is 12.4 Å². The Morgan fingerprint density at radius 2 is 2.21 bits per heavy atom. The van der Waals surface area contributed by atoms with E-state index in [1.54, 1.807) is 11.3 Å². The Hall–Kier alpha value is -0.710. The lowest BCUT2D eigenvalue weighted by molar-refractivity contribution is 0.528. The molecule has 2 aromatic rings. The van der Waals surface area contributed by atoms with Gasteiger partial charge in [0.15, 0.2) is 0 Å². The van der Waals surface area contributed by atoms with E-state index in [-0.39, 0.29) is 0 Å². The highest BCUT2D eigenvalue weighted by Crippen LogP contribution is 2.27. The van der Waals surface area contributed by atoms with Crippen molar-refractivity contribution in [3.05, 3.63) is 50.4 Å². The van der Waals surface area contributed by atoms with Gasteiger partial charge >= 0.3 is 0 Å². The van der Waals surface area contributed by atoms with Gasteiger partial charge in [-0.3, -0.25) is 4.98 Å². The third-order valence-corrected chi connectivity index (χ3v) is 4.78. The van der Waals surface area contributed by atoms with Crippen LogP contribution in [0.2, 0.25) is 0 Å². The van der Waals surface area contributed by atoms with Gasteiger partial charge in [0.2, 0.25) is 0 Å². The number of halogens is 1. The molecule has 2 aromatic heterocycles. The van der Waals surface area contributed by atoms with Crippen LogP contribution >= 0.6 is 27.3 Å². The van der Waals surface area contributed by atoms with Crippen molar-refractivity contribution in [1.29, 1.82) is 0 Å². The Morgan fingerprint density at radius 3 is 2.84 bits per heavy atom. The summed E-state index contributed by atoms with van der Waals surface area (Å²) in [4.78, 5) is 5.67. The quantitative estimate of drug-likeness (QED) is 0.838. The van der Waals surface area contributed by atoms with Gasteiger partial charge in [-0.15, -0.1) is 11.3 Å². The van der Waals surface area contributed by atoms with Crippen LogP contribution in [0.5, 0.6) is 0 Å². The minimum absolute atomic E-state index is 0.346. The fourth-order valence-electron chi connectivity index (χ4n) is 2.11. The fourth-order valence-corrected chi connectivity index (χ4v) is 3.64. The van der Waals surface area contributed by atoms with Crippen LogP contribution in [0.25, 0.3) is 0 Å². The summed E-state index contributed by atoms with van der Waals surface area (Å²) in [5, 5.41) is 3.64. The van der Waals surface area contributed by atoms with Crippen molar-refractivity contribution in [2.75, 3.05) is 6.54 Å². The molecule has 0 amide bonds. The standard InChI is InChI=1S/C15H19BrN2S/c1-3-7-18-14(9-12-4-5-15(16)19-12)13-10-17-8-6-11(13)2/h4-6,8,10,14,18H,3,7,9H2,1-2H3. The van der Waals surface area contributed by atoms with Gasteiger partial charge in [0, 0.05) is 29.7 Å². The van der Waals surface area contributed by atoms with Gasteiger partial charge in [0.25, 0.3) is 0 Å². The molecule has 0 aliphatic carbocycles. The van der Waals surface area contributed by atoms with Crippen molar-refractivity contribution in [3.63, 3.8) is 0 Å². The number of hydrogen-bond donors (Lipinski definition) is 1. The maximum Gasteiger partial charge on any atom is 0.0701 e. The molecule has 19 heavy (non-hydrogen) atoms. The van der Waals surface area contributed by atoms with Crippen molar-refractivity contribution in [2.24, 2.45) is 0 Å². The third kappa shape index (κ3) is 4.13. The molecule has 2 nitrogen and oxygen atoms in total. The second-order valence-corrected chi connectivity index (χ2v) is 7.20. The molecule has 0 saturated heterocycles. The lowest BCUT2D eigenvalue weighted by Crippen LogP contribution is -2.24. The van der Waals surface area contributed by atoms with Crippen molar-refractivity contribution in [2.45, 2.75) is 32.7 Å². The smallest absolute Gasteiger partial charge is 0.0701 e. The zero-order chi connectivity index (χ0) is 13.7. The molecular weight excluding hydrogens is 320 g/mol. The highest BCUT2D eigenvalue weighted by atomic mass is 79.9. The van der Waals surface area contributed by atoms with Gasteiger partial charge in [-0.25, -0.2) is 0 Å². The molecule has 0 spiro atoms. The fraction of sp³-hybridized carbons (Fsp3) is 0.400. The topological polar surface area (TPSA) is 24.9 Å². The number of nitrogens with one attached hydrogen (secondary N) is 1. The van der Waals surface area contributed by atoms with E-state index in [9.17, 15) is 0 Å². The summed E-state index contributed by atoms with van der Waals surface area (Å²) in [6.45, 7) is 5.38. The van der Waals surface area contributed by atoms with Crippen LogP contribution in [0, 0.1) is 6.92 Å². The van der Waals surface area contributed by atoms with Crippen LogP contribution in [0.3, 0.4) is 0 Å². The van der Waals surface area contributed by atoms with E-state index >= 15 is 0 Å². The molecule has 0 bridgehead atoms. The van der Waals surface area contributed by atoms with Crippen LogP contribution < -0.4 is 5.32 Å². The highest BCUT2D eigenvalue weighted by molar-refractivity contribution is 9.11. The largest absolute Gasteiger partial charge is 0.310 e. The van der Waals surface area contributed by atoms with E-state index in [0.29, 0.717) is 6.04 Å². The zero-order valence-corrected chi connectivity index (χ0v) is 13.7. The summed E-state index contributed by atoms with van der Waals surface area (Å²) in [6, 6.07) is 6.74. The molecule has 2 heterocycles. The maximum atomic E-state index is 4.28. The Balaban J connectivity index is 2.18. The van der Waals surface area contributed by atoms with E-state index in [1.165, 1.54) is 19.8 Å². The molecule has 102 valence electrons. The van der Waals surface area contributed by atoms with Crippen LogP contribution in [-0.2, 0) is 6.42 Å². The molecule has 4 heteroatoms. The lowest BCUT2D eigenvalue weighted by atomic mass is 10.0. The number of aromatic nitrogens is 1. The Labute approximate surface area is 127 Å². The van der Waals surface area contributed by atoms with Gasteiger partial charge in [-0.2, -0.15) is 0 Å². The number of hydrogen-bond acceptors (Lipinski definition) is 3. The van der Waals surface area contributed by atoms with Gasteiger partial charge in [-0.05, 0) is 65.1 Å². The summed E-state index contributed by atoms with van der Waals surface area (Å²) in [5.74, 6) is 0. The molecule has 1 atom stereocenters. The summed E-state index contributed by atoms with van der Waals surface area (Å²) < 4.78 is 1.19. The second-order valence-electron chi connectivity index (χ2n) is 4.65. The normalized spacial score (nSPS) is 12.6. The highest BCUT2D eigenvalue weighted by Gasteiger charge is 2.15. The molecule has 0 aliphatic heterocycles. The van der Waals surface area contributed by atoms with Gasteiger partial charge in [-0.1, -0.05) is 6.92 Å². The van der Waals surface area contributed by atoms with Crippen molar-refractivity contribution in [1.82, 2.24) is 10.3 Å². The summed E-state index contributed by atoms with van der Waals surface area (Å²) >= 11 is 5.34. The van der Waals surface area contributed by atoms with Gasteiger partial charge < -0.3 is 5.32 Å². The molecule has 1 N–H and O–H groups in total. The van der Waals surface area contributed by atoms with Crippen LogP contribution in [0.4, 0.5) is 0 Å². The molecular formula is C15H19BrN2S. The average molecular weight is 339 g/mol. The second kappa shape index (κ2) is 7.17. The first kappa shape index (κ1) is 14.7. The molecule has 0 fully saturated rings. The summed E-state index contributed by atoms with van der Waals surface area (Å²) in [6.07, 6.45) is 6.01. The first-order valence-electron chi connectivity index (χ1n) is 6.58. The van der Waals surface area contributed by atoms with Crippen molar-refractivity contribution < 1.29 is 0 Å². The van der Waals surface area contributed by atoms with Gasteiger partial charge in [0.05, 0.1) is 3.79 Å². The van der Waals surface area contributed by atoms with Crippen LogP contribution in [-0.4, -0.2) is 11.5 Å². The van der Waals surface area contributed by atoms with Crippen LogP contribution in [0.15, 0.2) is 34.4 Å². The molecule has 0 aromatic carbocycles. The summed E-state index contributed by atoms with van der Waals surface area (Å²) in [5.41, 5.74) is 2.61. The Kier molecular flexibility index (Phi) is 5.55.